The minimum atomic E-state index is -3.75. The number of halogens is 1. The Morgan fingerprint density at radius 2 is 2.08 bits per heavy atom. The highest BCUT2D eigenvalue weighted by Crippen LogP contribution is 2.27. The van der Waals surface area contributed by atoms with Crippen LogP contribution in [-0.4, -0.2) is 58.3 Å². The lowest BCUT2D eigenvalue weighted by Crippen LogP contribution is -2.47. The fraction of sp³-hybridized carbons (Fsp3) is 0.400. The van der Waals surface area contributed by atoms with E-state index in [1.165, 1.54) is 27.3 Å². The third-order valence-electron chi connectivity index (χ3n) is 4.01. The predicted octanol–water partition coefficient (Wildman–Crippen LogP) is 1.42. The van der Waals surface area contributed by atoms with Crippen molar-refractivity contribution < 1.29 is 17.9 Å². The molecule has 2 aromatic rings. The second-order valence-corrected chi connectivity index (χ2v) is 8.52. The predicted molar refractivity (Wildman–Crippen MR) is 90.3 cm³/mol. The number of hydrogen-bond acceptors (Lipinski definition) is 5. The van der Waals surface area contributed by atoms with Gasteiger partial charge in [0, 0.05) is 18.1 Å². The molecule has 0 radical (unpaired) electrons. The van der Waals surface area contributed by atoms with Gasteiger partial charge in [0.2, 0.25) is 10.0 Å². The lowest BCUT2D eigenvalue weighted by atomic mass is 10.3. The molecule has 0 unspecified atom stereocenters. The average molecular weight is 371 g/mol. The Kier molecular flexibility index (Phi) is 4.95. The molecule has 3 rings (SSSR count). The van der Waals surface area contributed by atoms with Crippen LogP contribution in [0.4, 0.5) is 4.39 Å². The third-order valence-corrected chi connectivity index (χ3v) is 7.15. The van der Waals surface area contributed by atoms with Gasteiger partial charge in [0.05, 0.1) is 30.2 Å². The van der Waals surface area contributed by atoms with Crippen LogP contribution in [0.5, 0.6) is 0 Å². The van der Waals surface area contributed by atoms with E-state index >= 15 is 0 Å². The zero-order valence-electron chi connectivity index (χ0n) is 13.1. The lowest BCUT2D eigenvalue weighted by Gasteiger charge is -2.32. The largest absolute Gasteiger partial charge is 0.395 e. The number of benzene rings is 1. The van der Waals surface area contributed by atoms with E-state index in [0.29, 0.717) is 29.4 Å². The number of nitrogens with zero attached hydrogens (tertiary/aromatic N) is 3. The minimum Gasteiger partial charge on any atom is -0.395 e. The molecule has 0 saturated carbocycles. The number of aliphatic hydroxyl groups excluding tert-OH is 1. The van der Waals surface area contributed by atoms with E-state index in [4.69, 9.17) is 0 Å². The molecule has 0 spiro atoms. The van der Waals surface area contributed by atoms with Crippen LogP contribution in [0, 0.1) is 12.7 Å². The van der Waals surface area contributed by atoms with Crippen LogP contribution in [0.15, 0.2) is 35.4 Å². The Morgan fingerprint density at radius 3 is 2.75 bits per heavy atom. The molecule has 1 N–H and O–H groups in total. The first-order valence-corrected chi connectivity index (χ1v) is 10.1. The summed E-state index contributed by atoms with van der Waals surface area (Å²) in [6.45, 7) is 1.81. The van der Waals surface area contributed by atoms with Crippen LogP contribution >= 0.6 is 11.8 Å². The smallest absolute Gasteiger partial charge is 0.246 e. The topological polar surface area (TPSA) is 75.4 Å². The van der Waals surface area contributed by atoms with Gasteiger partial charge in [-0.2, -0.15) is 21.2 Å². The minimum absolute atomic E-state index is 0.108. The summed E-state index contributed by atoms with van der Waals surface area (Å²) < 4.78 is 41.8. The second-order valence-electron chi connectivity index (χ2n) is 5.51. The molecular formula is C15H18FN3O3S2. The summed E-state index contributed by atoms with van der Waals surface area (Å²) in [4.78, 5) is 0.108. The first kappa shape index (κ1) is 17.4. The zero-order chi connectivity index (χ0) is 17.3. The number of aromatic nitrogens is 2. The van der Waals surface area contributed by atoms with Crippen molar-refractivity contribution in [2.45, 2.75) is 17.9 Å². The third kappa shape index (κ3) is 3.08. The van der Waals surface area contributed by atoms with Gasteiger partial charge in [-0.1, -0.05) is 0 Å². The zero-order valence-corrected chi connectivity index (χ0v) is 14.7. The van der Waals surface area contributed by atoms with Gasteiger partial charge in [-0.05, 0) is 31.2 Å². The molecule has 9 heteroatoms. The molecule has 1 aliphatic rings. The van der Waals surface area contributed by atoms with E-state index in [9.17, 15) is 17.9 Å². The van der Waals surface area contributed by atoms with Crippen molar-refractivity contribution in [1.82, 2.24) is 14.1 Å². The maximum atomic E-state index is 13.1. The number of thioether (sulfide) groups is 1. The van der Waals surface area contributed by atoms with Crippen LogP contribution in [0.1, 0.15) is 5.69 Å². The summed E-state index contributed by atoms with van der Waals surface area (Å²) in [5, 5.41) is 13.6. The Hall–Kier alpha value is -1.42. The molecule has 24 heavy (non-hydrogen) atoms. The Balaban J connectivity index is 1.99. The Morgan fingerprint density at radius 1 is 1.38 bits per heavy atom. The van der Waals surface area contributed by atoms with Crippen molar-refractivity contribution in [2.75, 3.05) is 24.7 Å². The first-order valence-electron chi connectivity index (χ1n) is 7.46. The molecule has 1 aromatic carbocycles. The van der Waals surface area contributed by atoms with Crippen molar-refractivity contribution >= 4 is 21.8 Å². The highest BCUT2D eigenvalue weighted by molar-refractivity contribution is 7.99. The highest BCUT2D eigenvalue weighted by Gasteiger charge is 2.35. The first-order chi connectivity index (χ1) is 11.4. The summed E-state index contributed by atoms with van der Waals surface area (Å²) in [5.41, 5.74) is 1.04. The number of aliphatic hydroxyl groups is 1. The van der Waals surface area contributed by atoms with Gasteiger partial charge >= 0.3 is 0 Å². The van der Waals surface area contributed by atoms with Gasteiger partial charge in [-0.25, -0.2) is 17.5 Å². The van der Waals surface area contributed by atoms with Crippen LogP contribution < -0.4 is 0 Å². The van der Waals surface area contributed by atoms with Crippen molar-refractivity contribution in [3.05, 3.63) is 42.0 Å². The Bertz CT molecular complexity index is 821. The van der Waals surface area contributed by atoms with Crippen molar-refractivity contribution in [2.24, 2.45) is 0 Å². The normalized spacial score (nSPS) is 19.5. The molecule has 1 saturated heterocycles. The van der Waals surface area contributed by atoms with E-state index in [1.54, 1.807) is 30.8 Å². The van der Waals surface area contributed by atoms with Crippen LogP contribution in [-0.2, 0) is 10.0 Å². The number of sulfonamides is 1. The van der Waals surface area contributed by atoms with Crippen LogP contribution in [0.3, 0.4) is 0 Å². The molecule has 6 nitrogen and oxygen atoms in total. The van der Waals surface area contributed by atoms with E-state index < -0.39 is 16.1 Å². The standard InChI is InChI=1S/C15H18FN3O3S2/c1-11-15(8-17-19(11)13-4-2-12(16)3-5-13)24(21,22)18-6-7-23-10-14(18)9-20/h2-5,8,14,20H,6-7,9-10H2,1H3/t14-/m1/s1. The Labute approximate surface area is 144 Å². The van der Waals surface area contributed by atoms with Crippen molar-refractivity contribution in [3.63, 3.8) is 0 Å². The van der Waals surface area contributed by atoms with E-state index in [2.05, 4.69) is 5.10 Å². The van der Waals surface area contributed by atoms with Crippen LogP contribution in [0.2, 0.25) is 0 Å². The van der Waals surface area contributed by atoms with Crippen LogP contribution in [0.25, 0.3) is 5.69 Å². The van der Waals surface area contributed by atoms with Gasteiger partial charge in [-0.15, -0.1) is 0 Å². The van der Waals surface area contributed by atoms with Gasteiger partial charge in [0.1, 0.15) is 10.7 Å². The molecule has 0 aliphatic carbocycles. The summed E-state index contributed by atoms with van der Waals surface area (Å²) in [6.07, 6.45) is 1.31. The van der Waals surface area contributed by atoms with Gasteiger partial charge < -0.3 is 5.11 Å². The molecule has 0 bridgehead atoms. The molecule has 0 amide bonds. The molecule has 1 atom stereocenters. The maximum absolute atomic E-state index is 13.1. The summed E-state index contributed by atoms with van der Waals surface area (Å²) in [6, 6.07) is 5.25. The molecule has 1 aromatic heterocycles. The van der Waals surface area contributed by atoms with E-state index in [-0.39, 0.29) is 17.3 Å². The van der Waals surface area contributed by atoms with Gasteiger partial charge in [-0.3, -0.25) is 0 Å². The fourth-order valence-corrected chi connectivity index (χ4v) is 5.73. The van der Waals surface area contributed by atoms with E-state index in [1.807, 2.05) is 0 Å². The fourth-order valence-electron chi connectivity index (χ4n) is 2.72. The maximum Gasteiger partial charge on any atom is 0.246 e. The molecule has 1 fully saturated rings. The van der Waals surface area contributed by atoms with Crippen molar-refractivity contribution in [1.29, 1.82) is 0 Å². The second kappa shape index (κ2) is 6.83. The average Bonchev–Trinajstić information content (AvgIpc) is 2.98. The number of rotatable bonds is 4. The van der Waals surface area contributed by atoms with Gasteiger partial charge in [0.25, 0.3) is 0 Å². The van der Waals surface area contributed by atoms with Gasteiger partial charge in [0.15, 0.2) is 0 Å². The molecule has 1 aliphatic heterocycles. The summed E-state index contributed by atoms with van der Waals surface area (Å²) in [5.74, 6) is 0.898. The summed E-state index contributed by atoms with van der Waals surface area (Å²) in [7, 11) is -3.75. The summed E-state index contributed by atoms with van der Waals surface area (Å²) >= 11 is 1.63. The lowest BCUT2D eigenvalue weighted by molar-refractivity contribution is 0.202. The monoisotopic (exact) mass is 371 g/mol. The molecule has 2 heterocycles. The SMILES string of the molecule is Cc1c(S(=O)(=O)N2CCSC[C@H]2CO)cnn1-c1ccc(F)cc1. The van der Waals surface area contributed by atoms with E-state index in [0.717, 1.165) is 0 Å². The quantitative estimate of drug-likeness (QED) is 0.880. The number of hydrogen-bond donors (Lipinski definition) is 1. The molecule has 130 valence electrons. The molecular weight excluding hydrogens is 353 g/mol. The highest BCUT2D eigenvalue weighted by atomic mass is 32.2. The van der Waals surface area contributed by atoms with Crippen molar-refractivity contribution in [3.8, 4) is 5.69 Å².